The quantitative estimate of drug-likeness (QED) is 0.351. The average molecular weight is 356 g/mol. The van der Waals surface area contributed by atoms with Crippen LogP contribution >= 0.6 is 0 Å². The van der Waals surface area contributed by atoms with Gasteiger partial charge in [0.2, 0.25) is 0 Å². The van der Waals surface area contributed by atoms with Crippen molar-refractivity contribution >= 4 is 11.9 Å². The Morgan fingerprint density at radius 3 is 1.96 bits per heavy atom. The van der Waals surface area contributed by atoms with Crippen molar-refractivity contribution in [2.75, 3.05) is 67.0 Å². The number of rotatable bonds is 7. The molecule has 1 atom stereocenters. The summed E-state index contributed by atoms with van der Waals surface area (Å²) in [5.74, 6) is 1.68. The number of nitrogens with one attached hydrogen (secondary N) is 1. The molecule has 146 valence electrons. The monoisotopic (exact) mass is 355 g/mol. The fourth-order valence-corrected chi connectivity index (χ4v) is 2.84. The third-order valence-electron chi connectivity index (χ3n) is 5.11. The largest absolute Gasteiger partial charge is 0.370 e. The third-order valence-corrected chi connectivity index (χ3v) is 5.11. The molecule has 1 unspecified atom stereocenters. The maximum atomic E-state index is 5.90. The number of likely N-dealkylation sites (N-methyl/N-ethyl adjacent to an activating group) is 2. The lowest BCUT2D eigenvalue weighted by Crippen LogP contribution is -2.62. The van der Waals surface area contributed by atoms with Crippen LogP contribution in [-0.2, 0) is 0 Å². The molecule has 1 fully saturated rings. The number of nitrogens with two attached hydrogens (primary N) is 2. The first-order valence-electron chi connectivity index (χ1n) is 9.54. The molecule has 0 bridgehead atoms. The SMILES string of the molecule is CC(C)CN=C(N)NC(N)=NCC(C)CC[N+]1(C)CC[N+](C)(C)CC1. The zero-order chi connectivity index (χ0) is 19.1. The Hall–Kier alpha value is -1.34. The van der Waals surface area contributed by atoms with E-state index < -0.39 is 0 Å². The van der Waals surface area contributed by atoms with Crippen LogP contribution in [0.5, 0.6) is 0 Å². The van der Waals surface area contributed by atoms with Crippen LogP contribution in [0.4, 0.5) is 0 Å². The molecule has 0 amide bonds. The smallest absolute Gasteiger partial charge is 0.195 e. The molecule has 0 aromatic heterocycles. The van der Waals surface area contributed by atoms with E-state index in [1.807, 2.05) is 0 Å². The summed E-state index contributed by atoms with van der Waals surface area (Å²) in [5.41, 5.74) is 11.7. The standard InChI is InChI=1S/C18H41N7/c1-15(2)13-21-17(19)23-18(20)22-14-16(3)7-8-25(6)11-9-24(4,5)10-12-25/h15-16H,7-14H2,1-6H3,(H5,19,20,21,22,23)/q+2. The van der Waals surface area contributed by atoms with E-state index in [1.54, 1.807) is 0 Å². The molecular weight excluding hydrogens is 314 g/mol. The summed E-state index contributed by atoms with van der Waals surface area (Å²) in [6.45, 7) is 14.1. The van der Waals surface area contributed by atoms with Crippen molar-refractivity contribution in [3.05, 3.63) is 0 Å². The fourth-order valence-electron chi connectivity index (χ4n) is 2.84. The first-order chi connectivity index (χ1) is 11.5. The molecular formula is C18H41N7+2. The van der Waals surface area contributed by atoms with Gasteiger partial charge in [0.1, 0.15) is 26.2 Å². The van der Waals surface area contributed by atoms with Gasteiger partial charge in [-0.25, -0.2) is 0 Å². The normalized spacial score (nSPS) is 22.0. The van der Waals surface area contributed by atoms with Gasteiger partial charge in [-0.2, -0.15) is 0 Å². The van der Waals surface area contributed by atoms with Crippen LogP contribution in [0.3, 0.4) is 0 Å². The van der Waals surface area contributed by atoms with Crippen molar-refractivity contribution in [1.82, 2.24) is 5.32 Å². The number of aliphatic imine (C=N–C) groups is 2. The Balaban J connectivity index is 2.34. The van der Waals surface area contributed by atoms with Gasteiger partial charge >= 0.3 is 0 Å². The topological polar surface area (TPSA) is 88.8 Å². The molecule has 0 spiro atoms. The summed E-state index contributed by atoms with van der Waals surface area (Å²) in [6, 6.07) is 0. The summed E-state index contributed by atoms with van der Waals surface area (Å²) in [7, 11) is 7.04. The highest BCUT2D eigenvalue weighted by atomic mass is 15.4. The Labute approximate surface area is 154 Å². The molecule has 7 nitrogen and oxygen atoms in total. The lowest BCUT2D eigenvalue weighted by atomic mass is 10.1. The number of piperazine rings is 1. The van der Waals surface area contributed by atoms with Gasteiger partial charge < -0.3 is 20.4 Å². The van der Waals surface area contributed by atoms with Crippen LogP contribution in [0.2, 0.25) is 0 Å². The molecule has 0 aliphatic carbocycles. The van der Waals surface area contributed by atoms with Gasteiger partial charge in [0.25, 0.3) is 0 Å². The second kappa shape index (κ2) is 9.38. The number of hydrogen-bond donors (Lipinski definition) is 3. The van der Waals surface area contributed by atoms with Gasteiger partial charge in [0, 0.05) is 19.5 Å². The molecule has 25 heavy (non-hydrogen) atoms. The number of nitrogens with zero attached hydrogens (tertiary/aromatic N) is 4. The highest BCUT2D eigenvalue weighted by Crippen LogP contribution is 2.16. The maximum Gasteiger partial charge on any atom is 0.195 e. The van der Waals surface area contributed by atoms with Crippen molar-refractivity contribution in [2.45, 2.75) is 27.2 Å². The Bertz CT molecular complexity index is 458. The molecule has 0 aromatic carbocycles. The highest BCUT2D eigenvalue weighted by molar-refractivity contribution is 5.97. The molecule has 5 N–H and O–H groups in total. The van der Waals surface area contributed by atoms with Crippen molar-refractivity contribution in [3.8, 4) is 0 Å². The zero-order valence-electron chi connectivity index (χ0n) is 17.3. The van der Waals surface area contributed by atoms with Crippen LogP contribution < -0.4 is 16.8 Å². The minimum atomic E-state index is 0.342. The minimum absolute atomic E-state index is 0.342. The van der Waals surface area contributed by atoms with E-state index >= 15 is 0 Å². The fraction of sp³-hybridized carbons (Fsp3) is 0.889. The van der Waals surface area contributed by atoms with E-state index in [9.17, 15) is 0 Å². The highest BCUT2D eigenvalue weighted by Gasteiger charge is 2.34. The van der Waals surface area contributed by atoms with Crippen molar-refractivity contribution in [1.29, 1.82) is 0 Å². The van der Waals surface area contributed by atoms with Gasteiger partial charge in [-0.1, -0.05) is 20.8 Å². The van der Waals surface area contributed by atoms with E-state index in [0.717, 1.165) is 17.4 Å². The summed E-state index contributed by atoms with van der Waals surface area (Å²) in [6.07, 6.45) is 1.16. The van der Waals surface area contributed by atoms with Crippen molar-refractivity contribution < 1.29 is 8.97 Å². The first-order valence-corrected chi connectivity index (χ1v) is 9.54. The molecule has 0 aromatic rings. The summed E-state index contributed by atoms with van der Waals surface area (Å²) < 4.78 is 2.33. The van der Waals surface area contributed by atoms with Gasteiger partial charge in [-0.05, 0) is 11.8 Å². The molecule has 7 heteroatoms. The minimum Gasteiger partial charge on any atom is -0.370 e. The summed E-state index contributed by atoms with van der Waals surface area (Å²) >= 11 is 0. The lowest BCUT2D eigenvalue weighted by molar-refractivity contribution is -1.01. The predicted octanol–water partition coefficient (Wildman–Crippen LogP) is 0.424. The molecule has 1 aliphatic rings. The van der Waals surface area contributed by atoms with Crippen LogP contribution in [0.25, 0.3) is 0 Å². The molecule has 1 saturated heterocycles. The van der Waals surface area contributed by atoms with E-state index in [4.69, 9.17) is 11.5 Å². The zero-order valence-corrected chi connectivity index (χ0v) is 17.3. The van der Waals surface area contributed by atoms with Crippen molar-refractivity contribution in [2.24, 2.45) is 33.3 Å². The lowest BCUT2D eigenvalue weighted by Gasteiger charge is -2.44. The Morgan fingerprint density at radius 1 is 0.920 bits per heavy atom. The Morgan fingerprint density at radius 2 is 1.44 bits per heavy atom. The van der Waals surface area contributed by atoms with Crippen molar-refractivity contribution in [3.63, 3.8) is 0 Å². The van der Waals surface area contributed by atoms with Gasteiger partial charge in [0.05, 0.1) is 27.7 Å². The second-order valence-electron chi connectivity index (χ2n) is 9.04. The number of guanidine groups is 2. The molecule has 1 aliphatic heterocycles. The summed E-state index contributed by atoms with van der Waals surface area (Å²) in [5, 5.41) is 2.86. The number of hydrogen-bond acceptors (Lipinski definition) is 2. The van der Waals surface area contributed by atoms with Crippen LogP contribution in [-0.4, -0.2) is 87.8 Å². The Kier molecular flexibility index (Phi) is 8.15. The second-order valence-corrected chi connectivity index (χ2v) is 9.04. The molecule has 1 rings (SSSR count). The van der Waals surface area contributed by atoms with Crippen LogP contribution in [0.1, 0.15) is 27.2 Å². The van der Waals surface area contributed by atoms with Gasteiger partial charge in [-0.3, -0.25) is 15.3 Å². The predicted molar refractivity (Wildman–Crippen MR) is 107 cm³/mol. The van der Waals surface area contributed by atoms with Gasteiger partial charge in [-0.15, -0.1) is 0 Å². The average Bonchev–Trinajstić information content (AvgIpc) is 2.52. The van der Waals surface area contributed by atoms with E-state index in [0.29, 0.717) is 30.3 Å². The van der Waals surface area contributed by atoms with Crippen LogP contribution in [0, 0.1) is 11.8 Å². The van der Waals surface area contributed by atoms with Gasteiger partial charge in [0.15, 0.2) is 11.9 Å². The molecule has 0 saturated carbocycles. The summed E-state index contributed by atoms with van der Waals surface area (Å²) in [4.78, 5) is 8.64. The third kappa shape index (κ3) is 9.07. The number of quaternary nitrogens is 2. The molecule has 1 heterocycles. The van der Waals surface area contributed by atoms with E-state index in [1.165, 1.54) is 37.2 Å². The maximum absolute atomic E-state index is 5.90. The first kappa shape index (κ1) is 21.7. The van der Waals surface area contributed by atoms with Crippen LogP contribution in [0.15, 0.2) is 9.98 Å². The molecule has 0 radical (unpaired) electrons. The van der Waals surface area contributed by atoms with E-state index in [-0.39, 0.29) is 0 Å². The van der Waals surface area contributed by atoms with E-state index in [2.05, 4.69) is 57.2 Å².